The average molecular weight is 538 g/mol. The number of nitrogens with zero attached hydrogens (tertiary/aromatic N) is 5. The number of ether oxygens (including phenoxy) is 1. The fraction of sp³-hybridized carbons (Fsp3) is 0.344. The fourth-order valence-electron chi connectivity index (χ4n) is 5.60. The highest BCUT2D eigenvalue weighted by atomic mass is 16.5. The molecule has 0 spiro atoms. The third-order valence-electron chi connectivity index (χ3n) is 7.76. The molecule has 2 aliphatic heterocycles. The Hall–Kier alpha value is -4.17. The van der Waals surface area contributed by atoms with Gasteiger partial charge in [-0.3, -0.25) is 4.79 Å². The van der Waals surface area contributed by atoms with E-state index in [2.05, 4.69) is 65.2 Å². The predicted octanol–water partition coefficient (Wildman–Crippen LogP) is 5.37. The molecule has 40 heavy (non-hydrogen) atoms. The molecule has 3 heterocycles. The second kappa shape index (κ2) is 10.8. The van der Waals surface area contributed by atoms with Crippen molar-refractivity contribution in [2.24, 2.45) is 0 Å². The SMILES string of the molecule is Cc1nc(-c2ccc(-c3ccc(C(=O)N4CCCc5cc6c(cc54)N(CCN(C)C)CCO6)cc3)c(C)c2)no1. The van der Waals surface area contributed by atoms with E-state index in [0.29, 0.717) is 30.4 Å². The summed E-state index contributed by atoms with van der Waals surface area (Å²) in [6.45, 7) is 7.99. The van der Waals surface area contributed by atoms with Gasteiger partial charge in [-0.05, 0) is 86.4 Å². The molecular formula is C32H35N5O3. The summed E-state index contributed by atoms with van der Waals surface area (Å²) in [7, 11) is 4.18. The molecule has 2 aliphatic rings. The van der Waals surface area contributed by atoms with Gasteiger partial charge in [0.05, 0.1) is 12.2 Å². The first-order valence-corrected chi connectivity index (χ1v) is 13.9. The van der Waals surface area contributed by atoms with E-state index in [1.165, 1.54) is 5.56 Å². The lowest BCUT2D eigenvalue weighted by molar-refractivity contribution is 0.0985. The zero-order valence-corrected chi connectivity index (χ0v) is 23.6. The van der Waals surface area contributed by atoms with Crippen LogP contribution in [0.25, 0.3) is 22.5 Å². The first-order valence-electron chi connectivity index (χ1n) is 13.9. The highest BCUT2D eigenvalue weighted by molar-refractivity contribution is 6.07. The standard InChI is InChI=1S/C32H35N5O3/c1-21-18-26(31-33-22(2)40-34-31)11-12-27(21)23-7-9-24(10-8-23)32(38)37-13-5-6-25-19-30-29(20-28(25)37)36(16-17-39-30)15-14-35(3)4/h7-12,18-20H,5-6,13-17H2,1-4H3. The van der Waals surface area contributed by atoms with Gasteiger partial charge in [-0.2, -0.15) is 4.98 Å². The van der Waals surface area contributed by atoms with Crippen molar-refractivity contribution in [3.63, 3.8) is 0 Å². The van der Waals surface area contributed by atoms with Crippen LogP contribution in [0.4, 0.5) is 11.4 Å². The van der Waals surface area contributed by atoms with Crippen molar-refractivity contribution in [3.05, 3.63) is 77.2 Å². The van der Waals surface area contributed by atoms with Crippen molar-refractivity contribution >= 4 is 17.3 Å². The predicted molar refractivity (Wildman–Crippen MR) is 157 cm³/mol. The summed E-state index contributed by atoms with van der Waals surface area (Å²) in [5, 5.41) is 4.03. The van der Waals surface area contributed by atoms with Crippen molar-refractivity contribution in [1.29, 1.82) is 0 Å². The molecule has 8 heteroatoms. The highest BCUT2D eigenvalue weighted by Crippen LogP contribution is 2.40. The maximum absolute atomic E-state index is 13.8. The van der Waals surface area contributed by atoms with E-state index in [4.69, 9.17) is 9.26 Å². The first kappa shape index (κ1) is 26.1. The number of hydrogen-bond donors (Lipinski definition) is 0. The van der Waals surface area contributed by atoms with Gasteiger partial charge >= 0.3 is 0 Å². The number of likely N-dealkylation sites (N-methyl/N-ethyl adjacent to an activating group) is 1. The topological polar surface area (TPSA) is 74.9 Å². The van der Waals surface area contributed by atoms with E-state index < -0.39 is 0 Å². The van der Waals surface area contributed by atoms with Crippen molar-refractivity contribution in [2.45, 2.75) is 26.7 Å². The smallest absolute Gasteiger partial charge is 0.258 e. The van der Waals surface area contributed by atoms with E-state index in [0.717, 1.165) is 71.9 Å². The molecule has 3 aromatic carbocycles. The summed E-state index contributed by atoms with van der Waals surface area (Å²) in [5.74, 6) is 2.09. The molecule has 0 N–H and O–H groups in total. The monoisotopic (exact) mass is 537 g/mol. The van der Waals surface area contributed by atoms with Gasteiger partial charge < -0.3 is 24.0 Å². The highest BCUT2D eigenvalue weighted by Gasteiger charge is 2.28. The molecule has 206 valence electrons. The second-order valence-corrected chi connectivity index (χ2v) is 10.9. The Morgan fingerprint density at radius 1 is 0.975 bits per heavy atom. The summed E-state index contributed by atoms with van der Waals surface area (Å²) in [6, 6.07) is 18.4. The number of aromatic nitrogens is 2. The molecule has 0 saturated heterocycles. The lowest BCUT2D eigenvalue weighted by Gasteiger charge is -2.36. The third kappa shape index (κ3) is 5.07. The summed E-state index contributed by atoms with van der Waals surface area (Å²) in [6.07, 6.45) is 1.89. The van der Waals surface area contributed by atoms with Gasteiger partial charge in [0, 0.05) is 43.4 Å². The molecule has 0 fully saturated rings. The van der Waals surface area contributed by atoms with E-state index in [1.807, 2.05) is 35.2 Å². The van der Waals surface area contributed by atoms with E-state index in [-0.39, 0.29) is 5.91 Å². The zero-order chi connectivity index (χ0) is 27.8. The fourth-order valence-corrected chi connectivity index (χ4v) is 5.60. The lowest BCUT2D eigenvalue weighted by atomic mass is 9.96. The largest absolute Gasteiger partial charge is 0.490 e. The van der Waals surface area contributed by atoms with Gasteiger partial charge in [0.2, 0.25) is 11.7 Å². The summed E-state index contributed by atoms with van der Waals surface area (Å²) in [5.41, 5.74) is 8.14. The van der Waals surface area contributed by atoms with Crippen LogP contribution in [0.1, 0.15) is 33.8 Å². The minimum atomic E-state index is 0.0311. The minimum absolute atomic E-state index is 0.0311. The molecule has 0 radical (unpaired) electrons. The van der Waals surface area contributed by atoms with Gasteiger partial charge in [0.15, 0.2) is 0 Å². The molecule has 1 aromatic heterocycles. The number of benzene rings is 3. The van der Waals surface area contributed by atoms with Crippen LogP contribution in [-0.4, -0.2) is 67.8 Å². The molecule has 0 aliphatic carbocycles. The minimum Gasteiger partial charge on any atom is -0.490 e. The Kier molecular flexibility index (Phi) is 7.02. The quantitative estimate of drug-likeness (QED) is 0.327. The van der Waals surface area contributed by atoms with Crippen LogP contribution < -0.4 is 14.5 Å². The number of hydrogen-bond acceptors (Lipinski definition) is 7. The number of fused-ring (bicyclic) bond motifs is 2. The van der Waals surface area contributed by atoms with Crippen molar-refractivity contribution in [1.82, 2.24) is 15.0 Å². The van der Waals surface area contributed by atoms with Crippen LogP contribution in [0.3, 0.4) is 0 Å². The molecule has 0 bridgehead atoms. The zero-order valence-electron chi connectivity index (χ0n) is 23.6. The van der Waals surface area contributed by atoms with Gasteiger partial charge in [-0.15, -0.1) is 0 Å². The van der Waals surface area contributed by atoms with Crippen LogP contribution in [0, 0.1) is 13.8 Å². The van der Waals surface area contributed by atoms with E-state index in [9.17, 15) is 4.79 Å². The summed E-state index contributed by atoms with van der Waals surface area (Å²) in [4.78, 5) is 24.6. The van der Waals surface area contributed by atoms with Crippen LogP contribution in [0.5, 0.6) is 5.75 Å². The van der Waals surface area contributed by atoms with Crippen LogP contribution in [-0.2, 0) is 6.42 Å². The van der Waals surface area contributed by atoms with Gasteiger partial charge in [0.25, 0.3) is 5.91 Å². The average Bonchev–Trinajstić information content (AvgIpc) is 3.40. The Morgan fingerprint density at radius 3 is 2.50 bits per heavy atom. The Balaban J connectivity index is 1.24. The van der Waals surface area contributed by atoms with Gasteiger partial charge in [-0.1, -0.05) is 29.4 Å². The maximum atomic E-state index is 13.8. The van der Waals surface area contributed by atoms with E-state index >= 15 is 0 Å². The Morgan fingerprint density at radius 2 is 1.77 bits per heavy atom. The molecule has 0 saturated carbocycles. The van der Waals surface area contributed by atoms with Crippen LogP contribution >= 0.6 is 0 Å². The lowest BCUT2D eigenvalue weighted by Crippen LogP contribution is -2.39. The molecule has 0 atom stereocenters. The number of aryl methyl sites for hydroxylation is 3. The van der Waals surface area contributed by atoms with Crippen molar-refractivity contribution in [2.75, 3.05) is 56.7 Å². The first-order chi connectivity index (χ1) is 19.4. The number of carbonyl (C=O) groups is 1. The van der Waals surface area contributed by atoms with Crippen molar-refractivity contribution < 1.29 is 14.1 Å². The summed E-state index contributed by atoms with van der Waals surface area (Å²) >= 11 is 0. The molecule has 6 rings (SSSR count). The normalized spacial score (nSPS) is 14.6. The second-order valence-electron chi connectivity index (χ2n) is 10.9. The maximum Gasteiger partial charge on any atom is 0.258 e. The number of anilines is 2. The number of amides is 1. The third-order valence-corrected chi connectivity index (χ3v) is 7.76. The molecule has 1 amide bonds. The van der Waals surface area contributed by atoms with E-state index in [1.54, 1.807) is 6.92 Å². The molecule has 0 unspecified atom stereocenters. The Bertz CT molecular complexity index is 1540. The Labute approximate surface area is 235 Å². The van der Waals surface area contributed by atoms with Gasteiger partial charge in [-0.25, -0.2) is 0 Å². The molecule has 4 aromatic rings. The van der Waals surface area contributed by atoms with Crippen LogP contribution in [0.15, 0.2) is 59.1 Å². The van der Waals surface area contributed by atoms with Crippen LogP contribution in [0.2, 0.25) is 0 Å². The van der Waals surface area contributed by atoms with Gasteiger partial charge in [0.1, 0.15) is 12.4 Å². The number of carbonyl (C=O) groups excluding carboxylic acids is 1. The van der Waals surface area contributed by atoms with Crippen molar-refractivity contribution in [3.8, 4) is 28.3 Å². The number of rotatable bonds is 6. The summed E-state index contributed by atoms with van der Waals surface area (Å²) < 4.78 is 11.2. The molecular weight excluding hydrogens is 502 g/mol. The molecule has 8 nitrogen and oxygen atoms in total.